The summed E-state index contributed by atoms with van der Waals surface area (Å²) in [7, 11) is 0. The van der Waals surface area contributed by atoms with E-state index in [-0.39, 0.29) is 12.4 Å². The summed E-state index contributed by atoms with van der Waals surface area (Å²) in [6, 6.07) is 8.50. The number of ether oxygens (including phenoxy) is 1. The Balaban J connectivity index is 0.000000853. The third kappa shape index (κ3) is 2.23. The number of hydrogen-bond acceptors (Lipinski definition) is 2. The molecule has 1 aromatic rings. The average Bonchev–Trinajstić information content (AvgIpc) is 3.02. The number of rotatable bonds is 1. The normalized spacial score (nSPS) is 20.9. The van der Waals surface area contributed by atoms with Gasteiger partial charge in [-0.2, -0.15) is 0 Å². The number of benzene rings is 1. The number of para-hydroxylation sites is 2. The Kier molecular flexibility index (Phi) is 2.82. The third-order valence-corrected chi connectivity index (χ3v) is 2.42. The van der Waals surface area contributed by atoms with Gasteiger partial charge in [0.2, 0.25) is 0 Å². The molecule has 4 heteroatoms. The zero-order valence-corrected chi connectivity index (χ0v) is 9.09. The van der Waals surface area contributed by atoms with Gasteiger partial charge < -0.3 is 10.1 Å². The van der Waals surface area contributed by atoms with Crippen LogP contribution in [0.15, 0.2) is 29.3 Å². The first-order valence-corrected chi connectivity index (χ1v) is 4.97. The molecule has 2 aliphatic rings. The van der Waals surface area contributed by atoms with E-state index in [9.17, 15) is 0 Å². The smallest absolute Gasteiger partial charge is 0.146 e. The molecule has 0 spiro atoms. The fourth-order valence-corrected chi connectivity index (χ4v) is 1.53. The lowest BCUT2D eigenvalue weighted by molar-refractivity contribution is 0.372. The van der Waals surface area contributed by atoms with Crippen molar-refractivity contribution in [1.29, 1.82) is 0 Å². The maximum Gasteiger partial charge on any atom is 0.146 e. The number of hydrogen-bond donors (Lipinski definition) is 1. The van der Waals surface area contributed by atoms with Gasteiger partial charge in [-0.15, -0.1) is 12.4 Å². The third-order valence-electron chi connectivity index (χ3n) is 2.42. The number of nitrogens with one attached hydrogen (secondary N) is 1. The van der Waals surface area contributed by atoms with E-state index in [0.29, 0.717) is 12.6 Å². The zero-order valence-electron chi connectivity index (χ0n) is 8.27. The number of aliphatic imine (C=N–C) groups is 1. The summed E-state index contributed by atoms with van der Waals surface area (Å²) in [6.07, 6.45) is 2.46. The summed E-state index contributed by atoms with van der Waals surface area (Å²) < 4.78 is 5.57. The van der Waals surface area contributed by atoms with Crippen molar-refractivity contribution in [3.63, 3.8) is 0 Å². The molecule has 0 aromatic heterocycles. The molecule has 1 heterocycles. The predicted octanol–water partition coefficient (Wildman–Crippen LogP) is 2.47. The van der Waals surface area contributed by atoms with E-state index in [2.05, 4.69) is 10.3 Å². The Bertz CT molecular complexity index is 388. The zero-order chi connectivity index (χ0) is 9.38. The van der Waals surface area contributed by atoms with Crippen LogP contribution >= 0.6 is 12.4 Å². The number of amidine groups is 1. The lowest BCUT2D eigenvalue weighted by Crippen LogP contribution is -2.26. The minimum absolute atomic E-state index is 0. The number of halogens is 1. The van der Waals surface area contributed by atoms with Gasteiger partial charge in [-0.05, 0) is 25.0 Å². The van der Waals surface area contributed by atoms with Gasteiger partial charge in [-0.3, -0.25) is 4.99 Å². The van der Waals surface area contributed by atoms with Crippen molar-refractivity contribution in [3.05, 3.63) is 24.3 Å². The molecule has 3 rings (SSSR count). The molecule has 1 saturated carbocycles. The van der Waals surface area contributed by atoms with E-state index in [1.54, 1.807) is 0 Å². The molecular formula is C11H13ClN2O. The summed E-state index contributed by atoms with van der Waals surface area (Å²) in [5.41, 5.74) is 1.03. The highest BCUT2D eigenvalue weighted by molar-refractivity contribution is 5.99. The molecule has 15 heavy (non-hydrogen) atoms. The van der Waals surface area contributed by atoms with Gasteiger partial charge in [0.1, 0.15) is 18.2 Å². The number of nitrogens with zero attached hydrogens (tertiary/aromatic N) is 1. The first-order valence-electron chi connectivity index (χ1n) is 4.97. The standard InChI is InChI=1S/C11H12N2O.ClH/c1-2-4-10-9(3-1)13-11(7-14-10)12-8-5-6-8;/h1-4,8H,5-7H2,(H,12,13);1H. The molecule has 80 valence electrons. The van der Waals surface area contributed by atoms with Crippen LogP contribution in [-0.2, 0) is 0 Å². The van der Waals surface area contributed by atoms with Crippen LogP contribution in [0.25, 0.3) is 0 Å². The van der Waals surface area contributed by atoms with E-state index in [0.717, 1.165) is 17.3 Å². The lowest BCUT2D eigenvalue weighted by atomic mass is 10.2. The van der Waals surface area contributed by atoms with Crippen molar-refractivity contribution in [2.75, 3.05) is 11.9 Å². The maximum atomic E-state index is 5.57. The molecule has 1 fully saturated rings. The maximum absolute atomic E-state index is 5.57. The molecule has 0 saturated heterocycles. The monoisotopic (exact) mass is 224 g/mol. The Morgan fingerprint density at radius 1 is 1.27 bits per heavy atom. The quantitative estimate of drug-likeness (QED) is 0.795. The fraction of sp³-hybridized carbons (Fsp3) is 0.364. The summed E-state index contributed by atoms with van der Waals surface area (Å²) in [5.74, 6) is 1.88. The van der Waals surface area contributed by atoms with Crippen LogP contribution in [0.4, 0.5) is 5.69 Å². The minimum atomic E-state index is 0. The summed E-state index contributed by atoms with van der Waals surface area (Å²) in [4.78, 5) is 4.53. The lowest BCUT2D eigenvalue weighted by Gasteiger charge is -2.20. The van der Waals surface area contributed by atoms with E-state index in [4.69, 9.17) is 4.74 Å². The number of anilines is 1. The molecule has 3 nitrogen and oxygen atoms in total. The van der Waals surface area contributed by atoms with E-state index >= 15 is 0 Å². The summed E-state index contributed by atoms with van der Waals surface area (Å²) in [5, 5.41) is 3.29. The largest absolute Gasteiger partial charge is 0.484 e. The first kappa shape index (κ1) is 10.3. The topological polar surface area (TPSA) is 33.6 Å². The van der Waals surface area contributed by atoms with Gasteiger partial charge in [-0.25, -0.2) is 0 Å². The van der Waals surface area contributed by atoms with Crippen molar-refractivity contribution in [1.82, 2.24) is 0 Å². The Hall–Kier alpha value is -1.22. The highest BCUT2D eigenvalue weighted by atomic mass is 35.5. The van der Waals surface area contributed by atoms with Gasteiger partial charge in [-0.1, -0.05) is 12.1 Å². The molecule has 0 radical (unpaired) electrons. The van der Waals surface area contributed by atoms with E-state index in [1.165, 1.54) is 12.8 Å². The van der Waals surface area contributed by atoms with Crippen LogP contribution in [-0.4, -0.2) is 18.5 Å². The highest BCUT2D eigenvalue weighted by Gasteiger charge is 2.22. The van der Waals surface area contributed by atoms with Crippen molar-refractivity contribution in [2.45, 2.75) is 18.9 Å². The molecule has 0 unspecified atom stereocenters. The molecule has 1 N–H and O–H groups in total. The average molecular weight is 225 g/mol. The van der Waals surface area contributed by atoms with Gasteiger partial charge >= 0.3 is 0 Å². The van der Waals surface area contributed by atoms with Crippen LogP contribution in [0.5, 0.6) is 5.75 Å². The molecule has 0 amide bonds. The molecule has 1 aromatic carbocycles. The minimum Gasteiger partial charge on any atom is -0.484 e. The van der Waals surface area contributed by atoms with Crippen LogP contribution in [0.1, 0.15) is 12.8 Å². The van der Waals surface area contributed by atoms with Gasteiger partial charge in [0.05, 0.1) is 11.7 Å². The van der Waals surface area contributed by atoms with Crippen molar-refractivity contribution in [3.8, 4) is 5.75 Å². The van der Waals surface area contributed by atoms with Crippen LogP contribution < -0.4 is 10.1 Å². The highest BCUT2D eigenvalue weighted by Crippen LogP contribution is 2.28. The molecule has 1 aliphatic heterocycles. The predicted molar refractivity (Wildman–Crippen MR) is 63.3 cm³/mol. The Labute approximate surface area is 95.0 Å². The SMILES string of the molecule is Cl.c1ccc2c(c1)NC(=NC1CC1)CO2. The Morgan fingerprint density at radius 3 is 2.87 bits per heavy atom. The van der Waals surface area contributed by atoms with Crippen LogP contribution in [0.3, 0.4) is 0 Å². The summed E-state index contributed by atoms with van der Waals surface area (Å²) >= 11 is 0. The second-order valence-corrected chi connectivity index (χ2v) is 3.72. The second-order valence-electron chi connectivity index (χ2n) is 3.72. The second kappa shape index (κ2) is 4.11. The fourth-order valence-electron chi connectivity index (χ4n) is 1.53. The Morgan fingerprint density at radius 2 is 2.07 bits per heavy atom. The number of fused-ring (bicyclic) bond motifs is 1. The van der Waals surface area contributed by atoms with Crippen LogP contribution in [0.2, 0.25) is 0 Å². The molecule has 1 aliphatic carbocycles. The van der Waals surface area contributed by atoms with Crippen molar-refractivity contribution < 1.29 is 4.74 Å². The van der Waals surface area contributed by atoms with Crippen LogP contribution in [0, 0.1) is 0 Å². The summed E-state index contributed by atoms with van der Waals surface area (Å²) in [6.45, 7) is 0.577. The van der Waals surface area contributed by atoms with Gasteiger partial charge in [0, 0.05) is 0 Å². The van der Waals surface area contributed by atoms with Crippen molar-refractivity contribution >= 4 is 23.9 Å². The molecular weight excluding hydrogens is 212 g/mol. The van der Waals surface area contributed by atoms with Gasteiger partial charge in [0.15, 0.2) is 0 Å². The first-order chi connectivity index (χ1) is 6.92. The molecule has 0 bridgehead atoms. The molecule has 0 atom stereocenters. The van der Waals surface area contributed by atoms with E-state index in [1.807, 2.05) is 24.3 Å². The van der Waals surface area contributed by atoms with Crippen molar-refractivity contribution in [2.24, 2.45) is 4.99 Å². The van der Waals surface area contributed by atoms with Gasteiger partial charge in [0.25, 0.3) is 0 Å². The van der Waals surface area contributed by atoms with E-state index < -0.39 is 0 Å².